The number of dihydropyridines is 1. The topological polar surface area (TPSA) is 79.2 Å². The fourth-order valence-electron chi connectivity index (χ4n) is 4.10. The van der Waals surface area contributed by atoms with Crippen LogP contribution in [0.3, 0.4) is 0 Å². The molecule has 4 rings (SSSR count). The maximum absolute atomic E-state index is 13.0. The van der Waals surface area contributed by atoms with Crippen LogP contribution in [0.4, 0.5) is 0 Å². The van der Waals surface area contributed by atoms with E-state index >= 15 is 0 Å². The molecule has 1 aromatic heterocycles. The first-order valence-electron chi connectivity index (χ1n) is 10.3. The van der Waals surface area contributed by atoms with E-state index in [0.717, 1.165) is 20.7 Å². The van der Waals surface area contributed by atoms with Crippen LogP contribution in [0.1, 0.15) is 32.3 Å². The summed E-state index contributed by atoms with van der Waals surface area (Å²) in [6.07, 6.45) is 0. The number of hydrogen-bond acceptors (Lipinski definition) is 6. The van der Waals surface area contributed by atoms with Crippen LogP contribution in [-0.2, 0) is 9.53 Å². The molecule has 1 atom stereocenters. The van der Waals surface area contributed by atoms with E-state index in [9.17, 15) is 14.9 Å². The third kappa shape index (κ3) is 3.72. The highest BCUT2D eigenvalue weighted by molar-refractivity contribution is 7.21. The monoisotopic (exact) mass is 442 g/mol. The second kappa shape index (κ2) is 8.81. The molecule has 0 saturated carbocycles. The second-order valence-electron chi connectivity index (χ2n) is 7.53. The van der Waals surface area contributed by atoms with Gasteiger partial charge in [0.2, 0.25) is 0 Å². The van der Waals surface area contributed by atoms with Gasteiger partial charge in [0.15, 0.2) is 5.43 Å². The molecule has 1 aliphatic heterocycles. The Bertz CT molecular complexity index is 1380. The van der Waals surface area contributed by atoms with Gasteiger partial charge in [-0.2, -0.15) is 5.26 Å². The predicted octanol–water partition coefficient (Wildman–Crippen LogP) is 5.25. The fraction of sp³-hybridized carbons (Fsp3) is 0.192. The van der Waals surface area contributed by atoms with Crippen LogP contribution in [0.5, 0.6) is 0 Å². The number of carbonyl (C=O) groups excluding carboxylic acids is 1. The van der Waals surface area contributed by atoms with Gasteiger partial charge in [-0.05, 0) is 38.0 Å². The number of rotatable bonds is 4. The highest BCUT2D eigenvalue weighted by Crippen LogP contribution is 2.42. The molecular formula is C26H22N2O3S. The summed E-state index contributed by atoms with van der Waals surface area (Å²) in [4.78, 5) is 26.8. The smallest absolute Gasteiger partial charge is 0.336 e. The third-order valence-electron chi connectivity index (χ3n) is 5.53. The summed E-state index contributed by atoms with van der Waals surface area (Å²) < 4.78 is 6.10. The van der Waals surface area contributed by atoms with E-state index in [1.807, 2.05) is 43.3 Å². The summed E-state index contributed by atoms with van der Waals surface area (Å²) in [5.41, 5.74) is 3.77. The Labute approximate surface area is 190 Å². The number of benzene rings is 2. The molecule has 0 amide bonds. The molecule has 5 nitrogen and oxygen atoms in total. The zero-order valence-electron chi connectivity index (χ0n) is 18.1. The van der Waals surface area contributed by atoms with Gasteiger partial charge in [0.25, 0.3) is 0 Å². The Morgan fingerprint density at radius 1 is 1.12 bits per heavy atom. The normalized spacial score (nSPS) is 16.0. The highest BCUT2D eigenvalue weighted by Gasteiger charge is 2.35. The minimum Gasteiger partial charge on any atom is -0.463 e. The van der Waals surface area contributed by atoms with Crippen molar-refractivity contribution in [3.05, 3.63) is 92.9 Å². The number of nitrogens with zero attached hydrogens (tertiary/aromatic N) is 1. The number of nitrogens with one attached hydrogen (secondary N) is 1. The van der Waals surface area contributed by atoms with Gasteiger partial charge >= 0.3 is 5.97 Å². The number of fused-ring (bicyclic) bond motifs is 1. The van der Waals surface area contributed by atoms with Gasteiger partial charge in [0, 0.05) is 32.4 Å². The van der Waals surface area contributed by atoms with E-state index in [4.69, 9.17) is 4.74 Å². The van der Waals surface area contributed by atoms with E-state index in [1.54, 1.807) is 32.0 Å². The largest absolute Gasteiger partial charge is 0.463 e. The number of hydrogen-bond donors (Lipinski definition) is 1. The quantitative estimate of drug-likeness (QED) is 0.558. The molecular weight excluding hydrogens is 420 g/mol. The first-order valence-corrected chi connectivity index (χ1v) is 11.2. The van der Waals surface area contributed by atoms with Crippen LogP contribution < -0.4 is 10.7 Å². The number of ether oxygens (including phenoxy) is 1. The summed E-state index contributed by atoms with van der Waals surface area (Å²) in [7, 11) is 0. The molecule has 2 heterocycles. The number of esters is 1. The summed E-state index contributed by atoms with van der Waals surface area (Å²) in [5, 5.41) is 13.7. The molecule has 3 aromatic rings. The Kier molecular flexibility index (Phi) is 5.93. The lowest BCUT2D eigenvalue weighted by Crippen LogP contribution is -2.29. The molecule has 32 heavy (non-hydrogen) atoms. The Morgan fingerprint density at radius 2 is 1.88 bits per heavy atom. The predicted molar refractivity (Wildman–Crippen MR) is 127 cm³/mol. The van der Waals surface area contributed by atoms with E-state index < -0.39 is 11.9 Å². The van der Waals surface area contributed by atoms with Crippen molar-refractivity contribution in [3.63, 3.8) is 0 Å². The van der Waals surface area contributed by atoms with Crippen molar-refractivity contribution in [1.29, 1.82) is 5.26 Å². The van der Waals surface area contributed by atoms with Crippen LogP contribution in [0.25, 0.3) is 20.5 Å². The van der Waals surface area contributed by atoms with Crippen molar-refractivity contribution in [2.75, 3.05) is 6.61 Å². The summed E-state index contributed by atoms with van der Waals surface area (Å²) in [5.74, 6) is -1.09. The first-order chi connectivity index (χ1) is 15.5. The maximum atomic E-state index is 13.0. The minimum atomic E-state index is -0.620. The van der Waals surface area contributed by atoms with E-state index in [-0.39, 0.29) is 12.0 Å². The molecule has 0 bridgehead atoms. The standard InChI is InChI=1S/C26H22N2O3S/c1-4-31-26(30)23-16(3)28-15(2)20(14-27)24(23)19-12-8-11-18-21(29)13-22(32-25(18)19)17-9-6-5-7-10-17/h5-13,24,28H,4H2,1-3H3. The SMILES string of the molecule is CCOC(=O)C1=C(C)NC(C)=C(C#N)C1c1cccc2c(=O)cc(-c3ccccc3)sc12. The molecule has 1 N–H and O–H groups in total. The van der Waals surface area contributed by atoms with Gasteiger partial charge in [-0.15, -0.1) is 11.3 Å². The van der Waals surface area contributed by atoms with Crippen molar-refractivity contribution in [2.45, 2.75) is 26.7 Å². The van der Waals surface area contributed by atoms with Crippen LogP contribution >= 0.6 is 11.3 Å². The lowest BCUT2D eigenvalue weighted by Gasteiger charge is -2.29. The van der Waals surface area contributed by atoms with Crippen LogP contribution in [0, 0.1) is 11.3 Å². The molecule has 6 heteroatoms. The number of carbonyl (C=O) groups is 1. The molecule has 2 aromatic carbocycles. The zero-order chi connectivity index (χ0) is 22.8. The molecule has 0 radical (unpaired) electrons. The van der Waals surface area contributed by atoms with Gasteiger partial charge in [-0.1, -0.05) is 42.5 Å². The molecule has 160 valence electrons. The van der Waals surface area contributed by atoms with Gasteiger partial charge in [0.1, 0.15) is 0 Å². The first kappa shape index (κ1) is 21.5. The van der Waals surface area contributed by atoms with Crippen molar-refractivity contribution in [2.24, 2.45) is 0 Å². The minimum absolute atomic E-state index is 0.0917. The van der Waals surface area contributed by atoms with Gasteiger partial charge in [-0.3, -0.25) is 4.79 Å². The Hall–Kier alpha value is -3.69. The van der Waals surface area contributed by atoms with Gasteiger partial charge in [-0.25, -0.2) is 4.79 Å². The summed E-state index contributed by atoms with van der Waals surface area (Å²) in [6.45, 7) is 5.61. The molecule has 1 unspecified atom stereocenters. The van der Waals surface area contributed by atoms with Crippen molar-refractivity contribution in [1.82, 2.24) is 5.32 Å². The zero-order valence-corrected chi connectivity index (χ0v) is 18.9. The fourth-order valence-corrected chi connectivity index (χ4v) is 5.33. The summed E-state index contributed by atoms with van der Waals surface area (Å²) in [6, 6.07) is 19.1. The highest BCUT2D eigenvalue weighted by atomic mass is 32.1. The van der Waals surface area contributed by atoms with E-state index in [2.05, 4.69) is 11.4 Å². The lowest BCUT2D eigenvalue weighted by molar-refractivity contribution is -0.138. The summed E-state index contributed by atoms with van der Waals surface area (Å²) >= 11 is 1.49. The van der Waals surface area contributed by atoms with Crippen LogP contribution in [-0.4, -0.2) is 12.6 Å². The molecule has 0 fully saturated rings. The van der Waals surface area contributed by atoms with Crippen LogP contribution in [0.2, 0.25) is 0 Å². The third-order valence-corrected chi connectivity index (χ3v) is 6.76. The molecule has 0 aliphatic carbocycles. The molecule has 0 saturated heterocycles. The van der Waals surface area contributed by atoms with Crippen molar-refractivity contribution in [3.8, 4) is 16.5 Å². The Balaban J connectivity index is 2.02. The van der Waals surface area contributed by atoms with Gasteiger partial charge in [0.05, 0.1) is 29.7 Å². The number of allylic oxidation sites excluding steroid dienone is 3. The molecule has 1 aliphatic rings. The lowest BCUT2D eigenvalue weighted by atomic mass is 9.80. The average Bonchev–Trinajstić information content (AvgIpc) is 2.79. The van der Waals surface area contributed by atoms with Gasteiger partial charge < -0.3 is 10.1 Å². The molecule has 0 spiro atoms. The average molecular weight is 443 g/mol. The van der Waals surface area contributed by atoms with Crippen molar-refractivity contribution >= 4 is 27.4 Å². The van der Waals surface area contributed by atoms with E-state index in [0.29, 0.717) is 27.9 Å². The van der Waals surface area contributed by atoms with Crippen LogP contribution in [0.15, 0.2) is 81.9 Å². The number of nitriles is 1. The van der Waals surface area contributed by atoms with Crippen molar-refractivity contribution < 1.29 is 9.53 Å². The second-order valence-corrected chi connectivity index (χ2v) is 8.58. The Morgan fingerprint density at radius 3 is 2.56 bits per heavy atom. The maximum Gasteiger partial charge on any atom is 0.336 e. The van der Waals surface area contributed by atoms with E-state index in [1.165, 1.54) is 11.3 Å².